The van der Waals surface area contributed by atoms with Crippen LogP contribution in [0.3, 0.4) is 0 Å². The number of aryl methyl sites for hydroxylation is 2. The van der Waals surface area contributed by atoms with Gasteiger partial charge in [0.05, 0.1) is 11.1 Å². The molecule has 0 fully saturated rings. The van der Waals surface area contributed by atoms with E-state index in [2.05, 4.69) is 5.32 Å². The lowest BCUT2D eigenvalue weighted by Crippen LogP contribution is -2.22. The minimum atomic E-state index is -4.68. The zero-order chi connectivity index (χ0) is 18.6. The lowest BCUT2D eigenvalue weighted by Gasteiger charge is -2.12. The molecular formula is C18H16F3NO3. The molecule has 0 aliphatic rings. The van der Waals surface area contributed by atoms with Gasteiger partial charge in [0, 0.05) is 5.69 Å². The third-order valence-electron chi connectivity index (χ3n) is 3.58. The maximum absolute atomic E-state index is 12.9. The summed E-state index contributed by atoms with van der Waals surface area (Å²) in [7, 11) is 0. The second-order valence-electron chi connectivity index (χ2n) is 5.47. The Bertz CT molecular complexity index is 800. The molecule has 2 aromatic rings. The highest BCUT2D eigenvalue weighted by molar-refractivity contribution is 5.96. The van der Waals surface area contributed by atoms with Crippen LogP contribution in [0, 0.1) is 13.8 Å². The highest BCUT2D eigenvalue weighted by Gasteiger charge is 2.35. The van der Waals surface area contributed by atoms with Crippen LogP contribution >= 0.6 is 0 Å². The first kappa shape index (κ1) is 18.5. The average Bonchev–Trinajstić information content (AvgIpc) is 2.55. The Hall–Kier alpha value is -2.83. The number of halogens is 3. The number of rotatable bonds is 4. The van der Waals surface area contributed by atoms with Gasteiger partial charge in [0.2, 0.25) is 0 Å². The Morgan fingerprint density at radius 3 is 2.36 bits per heavy atom. The molecule has 0 aliphatic heterocycles. The van der Waals surface area contributed by atoms with E-state index in [0.29, 0.717) is 5.69 Å². The second-order valence-corrected chi connectivity index (χ2v) is 5.47. The van der Waals surface area contributed by atoms with Crippen LogP contribution in [0.5, 0.6) is 0 Å². The number of amides is 1. The summed E-state index contributed by atoms with van der Waals surface area (Å²) in [5.41, 5.74) is 0.797. The molecule has 0 bridgehead atoms. The predicted molar refractivity (Wildman–Crippen MR) is 86.3 cm³/mol. The van der Waals surface area contributed by atoms with Gasteiger partial charge in [-0.05, 0) is 49.2 Å². The predicted octanol–water partition coefficient (Wildman–Crippen LogP) is 4.12. The van der Waals surface area contributed by atoms with E-state index in [-0.39, 0.29) is 0 Å². The van der Waals surface area contributed by atoms with E-state index in [1.807, 2.05) is 19.9 Å². The number of benzene rings is 2. The van der Waals surface area contributed by atoms with Crippen LogP contribution in [0.1, 0.15) is 27.0 Å². The van der Waals surface area contributed by atoms with E-state index >= 15 is 0 Å². The van der Waals surface area contributed by atoms with Gasteiger partial charge in [0.1, 0.15) is 0 Å². The molecule has 0 saturated carbocycles. The summed E-state index contributed by atoms with van der Waals surface area (Å²) >= 11 is 0. The number of carbonyl (C=O) groups is 2. The molecule has 0 heterocycles. The number of anilines is 1. The molecule has 25 heavy (non-hydrogen) atoms. The summed E-state index contributed by atoms with van der Waals surface area (Å²) in [6.45, 7) is 3.11. The minimum absolute atomic E-state index is 0.514. The molecule has 0 spiro atoms. The van der Waals surface area contributed by atoms with Crippen molar-refractivity contribution in [2.75, 3.05) is 11.9 Å². The molecule has 0 radical (unpaired) electrons. The number of alkyl halides is 3. The number of esters is 1. The fraction of sp³-hybridized carbons (Fsp3) is 0.222. The van der Waals surface area contributed by atoms with E-state index in [0.717, 1.165) is 23.3 Å². The van der Waals surface area contributed by atoms with Crippen molar-refractivity contribution < 1.29 is 27.5 Å². The SMILES string of the molecule is Cc1ccc(NC(=O)COC(=O)c2ccccc2C(F)(F)F)cc1C. The summed E-state index contributed by atoms with van der Waals surface area (Å²) in [6, 6.07) is 9.50. The van der Waals surface area contributed by atoms with Crippen molar-refractivity contribution in [1.29, 1.82) is 0 Å². The summed E-state index contributed by atoms with van der Waals surface area (Å²) < 4.78 is 43.3. The number of hydrogen-bond acceptors (Lipinski definition) is 3. The number of nitrogens with one attached hydrogen (secondary N) is 1. The van der Waals surface area contributed by atoms with Crippen LogP contribution < -0.4 is 5.32 Å². The summed E-state index contributed by atoms with van der Waals surface area (Å²) in [5.74, 6) is -1.84. The first-order chi connectivity index (χ1) is 11.7. The number of ether oxygens (including phenoxy) is 1. The van der Waals surface area contributed by atoms with Gasteiger partial charge < -0.3 is 10.1 Å². The smallest absolute Gasteiger partial charge is 0.417 e. The van der Waals surface area contributed by atoms with Crippen LogP contribution in [0.15, 0.2) is 42.5 Å². The highest BCUT2D eigenvalue weighted by atomic mass is 19.4. The Balaban J connectivity index is 2.00. The van der Waals surface area contributed by atoms with Gasteiger partial charge in [-0.25, -0.2) is 4.79 Å². The highest BCUT2D eigenvalue weighted by Crippen LogP contribution is 2.32. The van der Waals surface area contributed by atoms with Crippen molar-refractivity contribution in [2.24, 2.45) is 0 Å². The third kappa shape index (κ3) is 4.82. The minimum Gasteiger partial charge on any atom is -0.452 e. The molecule has 1 amide bonds. The normalized spacial score (nSPS) is 11.1. The van der Waals surface area contributed by atoms with Gasteiger partial charge in [-0.2, -0.15) is 13.2 Å². The Kier molecular flexibility index (Phi) is 5.46. The summed E-state index contributed by atoms with van der Waals surface area (Å²) in [5, 5.41) is 2.52. The van der Waals surface area contributed by atoms with Gasteiger partial charge in [0.25, 0.3) is 5.91 Å². The lowest BCUT2D eigenvalue weighted by atomic mass is 10.1. The zero-order valence-electron chi connectivity index (χ0n) is 13.6. The van der Waals surface area contributed by atoms with Crippen molar-refractivity contribution in [3.63, 3.8) is 0 Å². The average molecular weight is 351 g/mol. The quantitative estimate of drug-likeness (QED) is 0.843. The molecule has 0 atom stereocenters. The molecule has 2 rings (SSSR count). The molecular weight excluding hydrogens is 335 g/mol. The Morgan fingerprint density at radius 1 is 1.04 bits per heavy atom. The van der Waals surface area contributed by atoms with Crippen molar-refractivity contribution in [3.05, 3.63) is 64.7 Å². The largest absolute Gasteiger partial charge is 0.452 e. The van der Waals surface area contributed by atoms with Crippen LogP contribution in [-0.2, 0) is 15.7 Å². The number of carbonyl (C=O) groups excluding carboxylic acids is 2. The maximum Gasteiger partial charge on any atom is 0.417 e. The summed E-state index contributed by atoms with van der Waals surface area (Å²) in [6.07, 6.45) is -4.68. The van der Waals surface area contributed by atoms with E-state index in [4.69, 9.17) is 4.74 Å². The molecule has 2 aromatic carbocycles. The third-order valence-corrected chi connectivity index (χ3v) is 3.58. The first-order valence-corrected chi connectivity index (χ1v) is 7.39. The van der Waals surface area contributed by atoms with E-state index in [9.17, 15) is 22.8 Å². The number of hydrogen-bond donors (Lipinski definition) is 1. The van der Waals surface area contributed by atoms with Crippen molar-refractivity contribution >= 4 is 17.6 Å². The van der Waals surface area contributed by atoms with Gasteiger partial charge in [-0.1, -0.05) is 18.2 Å². The molecule has 132 valence electrons. The van der Waals surface area contributed by atoms with Crippen LogP contribution in [0.2, 0.25) is 0 Å². The van der Waals surface area contributed by atoms with Gasteiger partial charge in [-0.15, -0.1) is 0 Å². The van der Waals surface area contributed by atoms with Crippen LogP contribution in [0.25, 0.3) is 0 Å². The lowest BCUT2D eigenvalue weighted by molar-refractivity contribution is -0.138. The van der Waals surface area contributed by atoms with Crippen LogP contribution in [0.4, 0.5) is 18.9 Å². The molecule has 0 saturated heterocycles. The fourth-order valence-electron chi connectivity index (χ4n) is 2.13. The van der Waals surface area contributed by atoms with Gasteiger partial charge >= 0.3 is 12.1 Å². The fourth-order valence-corrected chi connectivity index (χ4v) is 2.13. The maximum atomic E-state index is 12.9. The molecule has 7 heteroatoms. The van der Waals surface area contributed by atoms with Gasteiger partial charge in [0.15, 0.2) is 6.61 Å². The van der Waals surface area contributed by atoms with Crippen LogP contribution in [-0.4, -0.2) is 18.5 Å². The second kappa shape index (κ2) is 7.38. The zero-order valence-corrected chi connectivity index (χ0v) is 13.6. The summed E-state index contributed by atoms with van der Waals surface area (Å²) in [4.78, 5) is 23.7. The topological polar surface area (TPSA) is 55.4 Å². The molecule has 0 aromatic heterocycles. The van der Waals surface area contributed by atoms with Gasteiger partial charge in [-0.3, -0.25) is 4.79 Å². The molecule has 0 unspecified atom stereocenters. The van der Waals surface area contributed by atoms with E-state index in [1.165, 1.54) is 12.1 Å². The Morgan fingerprint density at radius 2 is 1.72 bits per heavy atom. The molecule has 1 N–H and O–H groups in total. The monoisotopic (exact) mass is 351 g/mol. The molecule has 0 aliphatic carbocycles. The van der Waals surface area contributed by atoms with Crippen molar-refractivity contribution in [1.82, 2.24) is 0 Å². The molecule has 4 nitrogen and oxygen atoms in total. The van der Waals surface area contributed by atoms with E-state index < -0.39 is 35.8 Å². The van der Waals surface area contributed by atoms with E-state index in [1.54, 1.807) is 12.1 Å². The van der Waals surface area contributed by atoms with Crippen molar-refractivity contribution in [2.45, 2.75) is 20.0 Å². The standard InChI is InChI=1S/C18H16F3NO3/c1-11-7-8-13(9-12(11)2)22-16(23)10-25-17(24)14-5-3-4-6-15(14)18(19,20)21/h3-9H,10H2,1-2H3,(H,22,23). The van der Waals surface area contributed by atoms with Crippen molar-refractivity contribution in [3.8, 4) is 0 Å². The first-order valence-electron chi connectivity index (χ1n) is 7.39. The Labute approximate surface area is 142 Å².